The Bertz CT molecular complexity index is 1060. The SMILES string of the molecule is COCC(C)(NC(=O)C[C@@H]1CC[C@H](NC(=O)OCC2c3ccccc3-c3ccccc32)C1)C(=O)O. The van der Waals surface area contributed by atoms with Gasteiger partial charge in [-0.3, -0.25) is 4.79 Å². The highest BCUT2D eigenvalue weighted by Crippen LogP contribution is 2.44. The largest absolute Gasteiger partial charge is 0.479 e. The van der Waals surface area contributed by atoms with Gasteiger partial charge in [-0.1, -0.05) is 48.5 Å². The Hall–Kier alpha value is -3.39. The number of ether oxygens (including phenoxy) is 2. The quantitative estimate of drug-likeness (QED) is 0.504. The van der Waals surface area contributed by atoms with Gasteiger partial charge in [0.05, 0.1) is 6.61 Å². The molecule has 0 heterocycles. The zero-order chi connectivity index (χ0) is 25.0. The van der Waals surface area contributed by atoms with Crippen molar-refractivity contribution in [1.82, 2.24) is 10.6 Å². The standard InChI is InChI=1S/C27H32N2O6/c1-27(16-34-2,25(31)32)29-24(30)14-17-11-12-18(13-17)28-26(33)35-15-23-21-9-5-3-7-19(21)20-8-4-6-10-22(20)23/h3-10,17-18,23H,11-16H2,1-2H3,(H,28,33)(H,29,30)(H,31,32)/t17-,18+,27?/m1/s1. The molecule has 0 radical (unpaired) electrons. The summed E-state index contributed by atoms with van der Waals surface area (Å²) in [6.07, 6.45) is 1.91. The number of hydrogen-bond acceptors (Lipinski definition) is 5. The van der Waals surface area contributed by atoms with Crippen LogP contribution < -0.4 is 10.6 Å². The molecule has 0 bridgehead atoms. The average Bonchev–Trinajstić information content (AvgIpc) is 3.39. The third-order valence-corrected chi connectivity index (χ3v) is 7.00. The number of fused-ring (bicyclic) bond motifs is 3. The van der Waals surface area contributed by atoms with Crippen molar-refractivity contribution < 1.29 is 29.0 Å². The first-order valence-corrected chi connectivity index (χ1v) is 12.0. The van der Waals surface area contributed by atoms with E-state index in [9.17, 15) is 19.5 Å². The summed E-state index contributed by atoms with van der Waals surface area (Å²) in [6.45, 7) is 1.56. The van der Waals surface area contributed by atoms with E-state index in [0.29, 0.717) is 6.42 Å². The first-order chi connectivity index (χ1) is 16.8. The predicted octanol–water partition coefficient (Wildman–Crippen LogP) is 3.69. The molecule has 0 spiro atoms. The first kappa shape index (κ1) is 24.7. The Morgan fingerprint density at radius 1 is 1.03 bits per heavy atom. The predicted molar refractivity (Wildman–Crippen MR) is 130 cm³/mol. The van der Waals surface area contributed by atoms with Crippen LogP contribution in [-0.4, -0.2) is 55.0 Å². The van der Waals surface area contributed by atoms with Gasteiger partial charge in [0.1, 0.15) is 6.61 Å². The zero-order valence-corrected chi connectivity index (χ0v) is 20.1. The molecule has 4 rings (SSSR count). The van der Waals surface area contributed by atoms with Gasteiger partial charge < -0.3 is 25.2 Å². The summed E-state index contributed by atoms with van der Waals surface area (Å²) < 4.78 is 10.6. The molecular formula is C27H32N2O6. The van der Waals surface area contributed by atoms with E-state index in [1.807, 2.05) is 24.3 Å². The van der Waals surface area contributed by atoms with Crippen molar-refractivity contribution in [3.8, 4) is 11.1 Å². The van der Waals surface area contributed by atoms with Crippen molar-refractivity contribution in [3.05, 3.63) is 59.7 Å². The maximum atomic E-state index is 12.6. The third kappa shape index (κ3) is 5.48. The highest BCUT2D eigenvalue weighted by molar-refractivity contribution is 5.87. The molecule has 8 nitrogen and oxygen atoms in total. The number of hydrogen-bond donors (Lipinski definition) is 3. The Morgan fingerprint density at radius 3 is 2.26 bits per heavy atom. The number of carbonyl (C=O) groups excluding carboxylic acids is 2. The van der Waals surface area contributed by atoms with Gasteiger partial charge in [-0.2, -0.15) is 0 Å². The van der Waals surface area contributed by atoms with Crippen LogP contribution in [-0.2, 0) is 19.1 Å². The van der Waals surface area contributed by atoms with Gasteiger partial charge in [-0.25, -0.2) is 9.59 Å². The second-order valence-electron chi connectivity index (χ2n) is 9.67. The lowest BCUT2D eigenvalue weighted by Gasteiger charge is -2.26. The summed E-state index contributed by atoms with van der Waals surface area (Å²) >= 11 is 0. The van der Waals surface area contributed by atoms with E-state index < -0.39 is 17.6 Å². The van der Waals surface area contributed by atoms with Crippen LogP contribution >= 0.6 is 0 Å². The summed E-state index contributed by atoms with van der Waals surface area (Å²) in [5, 5.41) is 14.9. The fourth-order valence-corrected chi connectivity index (χ4v) is 5.26. The lowest BCUT2D eigenvalue weighted by atomic mass is 9.98. The molecule has 2 amide bonds. The monoisotopic (exact) mass is 480 g/mol. The molecule has 2 aromatic rings. The summed E-state index contributed by atoms with van der Waals surface area (Å²) in [4.78, 5) is 36.5. The van der Waals surface area contributed by atoms with Crippen LogP contribution in [0.25, 0.3) is 11.1 Å². The van der Waals surface area contributed by atoms with Crippen molar-refractivity contribution >= 4 is 18.0 Å². The maximum absolute atomic E-state index is 12.6. The number of rotatable bonds is 9. The molecular weight excluding hydrogens is 448 g/mol. The zero-order valence-electron chi connectivity index (χ0n) is 20.1. The second-order valence-corrected chi connectivity index (χ2v) is 9.67. The van der Waals surface area contributed by atoms with E-state index in [2.05, 4.69) is 34.9 Å². The van der Waals surface area contributed by atoms with Crippen molar-refractivity contribution in [2.45, 2.75) is 50.1 Å². The van der Waals surface area contributed by atoms with Crippen LogP contribution in [0.3, 0.4) is 0 Å². The van der Waals surface area contributed by atoms with Crippen molar-refractivity contribution in [2.24, 2.45) is 5.92 Å². The minimum Gasteiger partial charge on any atom is -0.479 e. The van der Waals surface area contributed by atoms with E-state index in [0.717, 1.165) is 24.0 Å². The summed E-state index contributed by atoms with van der Waals surface area (Å²) in [6, 6.07) is 16.3. The summed E-state index contributed by atoms with van der Waals surface area (Å²) in [5.41, 5.74) is 3.21. The van der Waals surface area contributed by atoms with E-state index in [1.54, 1.807) is 0 Å². The number of amides is 2. The molecule has 0 aromatic heterocycles. The van der Waals surface area contributed by atoms with Gasteiger partial charge in [0, 0.05) is 25.5 Å². The molecule has 1 unspecified atom stereocenters. The highest BCUT2D eigenvalue weighted by Gasteiger charge is 2.36. The van der Waals surface area contributed by atoms with E-state index in [4.69, 9.17) is 9.47 Å². The number of alkyl carbamates (subject to hydrolysis) is 1. The van der Waals surface area contributed by atoms with E-state index >= 15 is 0 Å². The number of carboxylic acids is 1. The second kappa shape index (κ2) is 10.5. The lowest BCUT2D eigenvalue weighted by Crippen LogP contribution is -2.55. The minimum atomic E-state index is -1.47. The van der Waals surface area contributed by atoms with Crippen LogP contribution in [0.15, 0.2) is 48.5 Å². The fraction of sp³-hybridized carbons (Fsp3) is 0.444. The highest BCUT2D eigenvalue weighted by atomic mass is 16.5. The van der Waals surface area contributed by atoms with Gasteiger partial charge in [0.15, 0.2) is 5.54 Å². The third-order valence-electron chi connectivity index (χ3n) is 7.00. The van der Waals surface area contributed by atoms with E-state index in [-0.39, 0.29) is 43.4 Å². The normalized spacial score (nSPS) is 20.4. The molecule has 2 aliphatic carbocycles. The molecule has 2 aromatic carbocycles. The van der Waals surface area contributed by atoms with Crippen LogP contribution in [0.2, 0.25) is 0 Å². The van der Waals surface area contributed by atoms with Gasteiger partial charge in [-0.15, -0.1) is 0 Å². The number of carboxylic acid groups (broad SMARTS) is 1. The van der Waals surface area contributed by atoms with Gasteiger partial charge in [0.2, 0.25) is 5.91 Å². The Labute approximate surface area is 205 Å². The molecule has 2 aliphatic rings. The molecule has 1 fully saturated rings. The molecule has 8 heteroatoms. The smallest absolute Gasteiger partial charge is 0.407 e. The summed E-state index contributed by atoms with van der Waals surface area (Å²) in [5.74, 6) is -1.41. The number of methoxy groups -OCH3 is 1. The topological polar surface area (TPSA) is 114 Å². The lowest BCUT2D eigenvalue weighted by molar-refractivity contribution is -0.149. The molecule has 0 saturated heterocycles. The molecule has 0 aliphatic heterocycles. The van der Waals surface area contributed by atoms with Crippen LogP contribution in [0.1, 0.15) is 49.7 Å². The Morgan fingerprint density at radius 2 is 1.66 bits per heavy atom. The average molecular weight is 481 g/mol. The van der Waals surface area contributed by atoms with Crippen LogP contribution in [0.5, 0.6) is 0 Å². The number of carbonyl (C=O) groups is 3. The van der Waals surface area contributed by atoms with Gasteiger partial charge >= 0.3 is 12.1 Å². The van der Waals surface area contributed by atoms with Crippen LogP contribution in [0, 0.1) is 5.92 Å². The van der Waals surface area contributed by atoms with Crippen LogP contribution in [0.4, 0.5) is 4.79 Å². The Kier molecular flexibility index (Phi) is 7.40. The molecule has 35 heavy (non-hydrogen) atoms. The molecule has 3 N–H and O–H groups in total. The van der Waals surface area contributed by atoms with Crippen molar-refractivity contribution in [1.29, 1.82) is 0 Å². The van der Waals surface area contributed by atoms with E-state index in [1.165, 1.54) is 25.2 Å². The number of aliphatic carboxylic acids is 1. The molecule has 1 saturated carbocycles. The first-order valence-electron chi connectivity index (χ1n) is 12.0. The summed E-state index contributed by atoms with van der Waals surface area (Å²) in [7, 11) is 1.39. The maximum Gasteiger partial charge on any atom is 0.407 e. The molecule has 3 atom stereocenters. The molecule has 186 valence electrons. The van der Waals surface area contributed by atoms with Gasteiger partial charge in [0.25, 0.3) is 0 Å². The number of benzene rings is 2. The van der Waals surface area contributed by atoms with Crippen molar-refractivity contribution in [2.75, 3.05) is 20.3 Å². The van der Waals surface area contributed by atoms with Gasteiger partial charge in [-0.05, 0) is 54.4 Å². The number of nitrogens with one attached hydrogen (secondary N) is 2. The Balaban J connectivity index is 1.26. The minimum absolute atomic E-state index is 0.00354. The van der Waals surface area contributed by atoms with Crippen molar-refractivity contribution in [3.63, 3.8) is 0 Å². The fourth-order valence-electron chi connectivity index (χ4n) is 5.26.